The lowest BCUT2D eigenvalue weighted by Gasteiger charge is -2.41. The van der Waals surface area contributed by atoms with E-state index in [1.165, 1.54) is 19.3 Å². The van der Waals surface area contributed by atoms with Crippen molar-refractivity contribution in [1.82, 2.24) is 0 Å². The second-order valence-corrected chi connectivity index (χ2v) is 25.5. The Morgan fingerprint density at radius 2 is 0.963 bits per heavy atom. The Balaban J connectivity index is -0.000000403. The molecule has 0 spiro atoms. The van der Waals surface area contributed by atoms with Crippen LogP contribution in [-0.4, -0.2) is 40.3 Å². The van der Waals surface area contributed by atoms with Crippen LogP contribution in [0.5, 0.6) is 0 Å². The zero-order valence-electron chi connectivity index (χ0n) is 17.0. The molecule has 0 heterocycles. The summed E-state index contributed by atoms with van der Waals surface area (Å²) in [6, 6.07) is 1.06. The molecule has 0 aromatic carbocycles. The van der Waals surface area contributed by atoms with E-state index in [1.807, 2.05) is 0 Å². The fourth-order valence-electron chi connectivity index (χ4n) is 2.99. The Hall–Kier alpha value is 0.708. The van der Waals surface area contributed by atoms with Crippen molar-refractivity contribution in [1.29, 1.82) is 0 Å². The van der Waals surface area contributed by atoms with Crippen molar-refractivity contribution in [2.45, 2.75) is 120 Å². The minimum Gasteiger partial charge on any atom is -0.437 e. The second-order valence-electron chi connectivity index (χ2n) is 9.02. The largest absolute Gasteiger partial charge is 0.437 e. The van der Waals surface area contributed by atoms with Crippen molar-refractivity contribution in [2.24, 2.45) is 5.73 Å². The average Bonchev–Trinajstić information content (AvgIpc) is 2.20. The Kier molecular flexibility index (Phi) is 22.1. The SMILES string of the molecule is C.C.C.C.C[Si](C)(C)O[Si](C)(C)O[Si](C)(CCCCCCN)O[Si](C)(C)C. The smallest absolute Gasteiger partial charge is 0.315 e. The van der Waals surface area contributed by atoms with E-state index in [-0.39, 0.29) is 29.7 Å². The van der Waals surface area contributed by atoms with Crippen LogP contribution in [0.4, 0.5) is 0 Å². The predicted octanol–water partition coefficient (Wildman–Crippen LogP) is 7.54. The van der Waals surface area contributed by atoms with Crippen molar-refractivity contribution >= 4 is 33.8 Å². The Morgan fingerprint density at radius 1 is 0.556 bits per heavy atom. The van der Waals surface area contributed by atoms with E-state index in [2.05, 4.69) is 58.9 Å². The molecule has 1 unspecified atom stereocenters. The highest BCUT2D eigenvalue weighted by Gasteiger charge is 2.43. The van der Waals surface area contributed by atoms with Gasteiger partial charge in [-0.05, 0) is 77.9 Å². The van der Waals surface area contributed by atoms with E-state index >= 15 is 0 Å². The van der Waals surface area contributed by atoms with Crippen LogP contribution < -0.4 is 5.73 Å². The third-order valence-electron chi connectivity index (χ3n) is 3.12. The van der Waals surface area contributed by atoms with Gasteiger partial charge in [-0.3, -0.25) is 0 Å². The molecule has 0 aliphatic carbocycles. The Morgan fingerprint density at radius 3 is 1.33 bits per heavy atom. The summed E-state index contributed by atoms with van der Waals surface area (Å²) in [5, 5.41) is 0. The molecular formula is C19H57NO3Si4. The Bertz CT molecular complexity index is 345. The summed E-state index contributed by atoms with van der Waals surface area (Å²) in [6.45, 7) is 20.9. The molecule has 0 aliphatic heterocycles. The minimum absolute atomic E-state index is 0. The van der Waals surface area contributed by atoms with Crippen LogP contribution in [0.15, 0.2) is 0 Å². The zero-order valence-corrected chi connectivity index (χ0v) is 21.0. The third-order valence-corrected chi connectivity index (χ3v) is 16.7. The van der Waals surface area contributed by atoms with Gasteiger partial charge >= 0.3 is 17.1 Å². The topological polar surface area (TPSA) is 53.7 Å². The van der Waals surface area contributed by atoms with Crippen molar-refractivity contribution in [3.63, 3.8) is 0 Å². The fraction of sp³-hybridized carbons (Fsp3) is 1.00. The summed E-state index contributed by atoms with van der Waals surface area (Å²) in [5.41, 5.74) is 5.58. The van der Waals surface area contributed by atoms with Gasteiger partial charge in [0.25, 0.3) is 0 Å². The van der Waals surface area contributed by atoms with Gasteiger partial charge in [0.1, 0.15) is 0 Å². The van der Waals surface area contributed by atoms with E-state index in [0.29, 0.717) is 0 Å². The second kappa shape index (κ2) is 15.5. The maximum Gasteiger partial charge on any atom is 0.315 e. The van der Waals surface area contributed by atoms with Crippen molar-refractivity contribution in [2.75, 3.05) is 6.54 Å². The van der Waals surface area contributed by atoms with Crippen LogP contribution in [0.25, 0.3) is 0 Å². The molecular weight excluding hydrogens is 403 g/mol. The molecule has 4 nitrogen and oxygen atoms in total. The summed E-state index contributed by atoms with van der Waals surface area (Å²) in [5.74, 6) is 0. The highest BCUT2D eigenvalue weighted by molar-refractivity contribution is 6.89. The van der Waals surface area contributed by atoms with Gasteiger partial charge in [-0.2, -0.15) is 0 Å². The monoisotopic (exact) mass is 459 g/mol. The van der Waals surface area contributed by atoms with Gasteiger partial charge in [0.05, 0.1) is 0 Å². The first-order valence-corrected chi connectivity index (χ1v) is 21.1. The lowest BCUT2D eigenvalue weighted by atomic mass is 10.2. The van der Waals surface area contributed by atoms with Crippen LogP contribution >= 0.6 is 0 Å². The molecule has 2 N–H and O–H groups in total. The molecule has 0 saturated heterocycles. The van der Waals surface area contributed by atoms with Crippen molar-refractivity contribution in [3.8, 4) is 0 Å². The normalized spacial score (nSPS) is 14.0. The predicted molar refractivity (Wildman–Crippen MR) is 138 cm³/mol. The highest BCUT2D eigenvalue weighted by atomic mass is 28.5. The van der Waals surface area contributed by atoms with E-state index in [9.17, 15) is 0 Å². The molecule has 0 aromatic heterocycles. The number of rotatable bonds is 12. The lowest BCUT2D eigenvalue weighted by molar-refractivity contribution is 0.322. The van der Waals surface area contributed by atoms with Crippen molar-refractivity contribution in [3.05, 3.63) is 0 Å². The summed E-state index contributed by atoms with van der Waals surface area (Å²) >= 11 is 0. The van der Waals surface area contributed by atoms with Crippen LogP contribution in [0.2, 0.25) is 65.0 Å². The maximum atomic E-state index is 6.66. The quantitative estimate of drug-likeness (QED) is 0.242. The van der Waals surface area contributed by atoms with E-state index in [0.717, 1.165) is 19.0 Å². The summed E-state index contributed by atoms with van der Waals surface area (Å²) in [6.07, 6.45) is 4.72. The maximum absolute atomic E-state index is 6.66. The average molecular weight is 460 g/mol. The number of nitrogens with two attached hydrogens (primary N) is 1. The standard InChI is InChI=1S/C15H41NO3Si4.4CH4/c1-20(2,3)17-22(7,8)19-23(9,18-21(4,5)6)15-13-11-10-12-14-16;;;;/h10-16H2,1-9H3;4*1H4. The minimum atomic E-state index is -2.19. The molecule has 8 heteroatoms. The fourth-order valence-corrected chi connectivity index (χ4v) is 21.0. The zero-order chi connectivity index (χ0) is 18.4. The summed E-state index contributed by atoms with van der Waals surface area (Å²) in [4.78, 5) is 0. The van der Waals surface area contributed by atoms with Crippen LogP contribution in [0.3, 0.4) is 0 Å². The number of hydrogen-bond donors (Lipinski definition) is 1. The molecule has 27 heavy (non-hydrogen) atoms. The van der Waals surface area contributed by atoms with Crippen LogP contribution in [-0.2, 0) is 12.3 Å². The van der Waals surface area contributed by atoms with Gasteiger partial charge in [0, 0.05) is 0 Å². The molecule has 0 bridgehead atoms. The van der Waals surface area contributed by atoms with Gasteiger partial charge < -0.3 is 18.1 Å². The van der Waals surface area contributed by atoms with Gasteiger partial charge in [-0.15, -0.1) is 0 Å². The van der Waals surface area contributed by atoms with Crippen LogP contribution in [0.1, 0.15) is 55.4 Å². The third kappa shape index (κ3) is 22.9. The molecule has 0 aromatic rings. The van der Waals surface area contributed by atoms with E-state index < -0.39 is 33.8 Å². The van der Waals surface area contributed by atoms with E-state index in [4.69, 9.17) is 18.1 Å². The summed E-state index contributed by atoms with van der Waals surface area (Å²) < 4.78 is 19.6. The molecule has 0 rings (SSSR count). The molecule has 172 valence electrons. The van der Waals surface area contributed by atoms with Gasteiger partial charge in [0.15, 0.2) is 16.6 Å². The molecule has 0 saturated carbocycles. The first kappa shape index (κ1) is 38.3. The van der Waals surface area contributed by atoms with Crippen molar-refractivity contribution < 1.29 is 12.3 Å². The first-order chi connectivity index (χ1) is 10.2. The van der Waals surface area contributed by atoms with Gasteiger partial charge in [-0.25, -0.2) is 0 Å². The highest BCUT2D eigenvalue weighted by Crippen LogP contribution is 2.28. The number of hydrogen-bond acceptors (Lipinski definition) is 4. The molecule has 0 amide bonds. The molecule has 0 aliphatic rings. The molecule has 0 fully saturated rings. The summed E-state index contributed by atoms with van der Waals surface area (Å²) in [7, 11) is -7.57. The molecule has 1 atom stereocenters. The number of unbranched alkanes of at least 4 members (excludes halogenated alkanes) is 3. The van der Waals surface area contributed by atoms with Crippen LogP contribution in [0, 0.1) is 0 Å². The van der Waals surface area contributed by atoms with E-state index in [1.54, 1.807) is 0 Å². The first-order valence-electron chi connectivity index (χ1n) is 8.99. The Labute approximate surface area is 178 Å². The van der Waals surface area contributed by atoms with Gasteiger partial charge in [-0.1, -0.05) is 49.0 Å². The lowest BCUT2D eigenvalue weighted by Crippen LogP contribution is -2.56. The molecule has 0 radical (unpaired) electrons. The van der Waals surface area contributed by atoms with Gasteiger partial charge in [0.2, 0.25) is 0 Å².